The summed E-state index contributed by atoms with van der Waals surface area (Å²) < 4.78 is 0. The molecule has 0 aliphatic heterocycles. The highest BCUT2D eigenvalue weighted by atomic mass is 15.2. The average Bonchev–Trinajstić information content (AvgIpc) is 3.11. The van der Waals surface area contributed by atoms with E-state index in [1.165, 1.54) is 18.4 Å². The van der Waals surface area contributed by atoms with Crippen molar-refractivity contribution in [2.75, 3.05) is 13.6 Å². The van der Waals surface area contributed by atoms with Gasteiger partial charge in [-0.05, 0) is 24.8 Å². The molecule has 0 unspecified atom stereocenters. The quantitative estimate of drug-likeness (QED) is 0.615. The third-order valence-corrected chi connectivity index (χ3v) is 2.83. The molecule has 0 heterocycles. The zero-order valence-electron chi connectivity index (χ0n) is 9.76. The maximum atomic E-state index is 5.90. The van der Waals surface area contributed by atoms with Crippen LogP contribution in [0.5, 0.6) is 0 Å². The summed E-state index contributed by atoms with van der Waals surface area (Å²) >= 11 is 0. The predicted octanol–water partition coefficient (Wildman–Crippen LogP) is 1.64. The van der Waals surface area contributed by atoms with Crippen LogP contribution in [0.25, 0.3) is 0 Å². The molecule has 0 amide bonds. The van der Waals surface area contributed by atoms with E-state index in [0.29, 0.717) is 12.0 Å². The molecule has 0 atom stereocenters. The smallest absolute Gasteiger partial charge is 0.191 e. The molecule has 3 nitrogen and oxygen atoms in total. The van der Waals surface area contributed by atoms with Crippen LogP contribution in [0.3, 0.4) is 0 Å². The second-order valence-electron chi connectivity index (χ2n) is 4.38. The molecule has 0 saturated heterocycles. The van der Waals surface area contributed by atoms with E-state index in [0.717, 1.165) is 13.0 Å². The van der Waals surface area contributed by atoms with Crippen LogP contribution in [0.1, 0.15) is 18.4 Å². The molecular weight excluding hydrogens is 198 g/mol. The SMILES string of the molecule is CN(CCc1ccccc1)C(N)=NC1CC1. The van der Waals surface area contributed by atoms with Crippen molar-refractivity contribution in [3.8, 4) is 0 Å². The van der Waals surface area contributed by atoms with Crippen molar-refractivity contribution in [2.24, 2.45) is 10.7 Å². The van der Waals surface area contributed by atoms with Crippen molar-refractivity contribution in [1.29, 1.82) is 0 Å². The first-order chi connectivity index (χ1) is 7.75. The Bertz CT molecular complexity index is 355. The van der Waals surface area contributed by atoms with E-state index in [4.69, 9.17) is 5.73 Å². The topological polar surface area (TPSA) is 41.6 Å². The van der Waals surface area contributed by atoms with Crippen LogP contribution in [0, 0.1) is 0 Å². The normalized spacial score (nSPS) is 16.2. The number of likely N-dealkylation sites (N-methyl/N-ethyl adjacent to an activating group) is 1. The monoisotopic (exact) mass is 217 g/mol. The fraction of sp³-hybridized carbons (Fsp3) is 0.462. The summed E-state index contributed by atoms with van der Waals surface area (Å²) in [7, 11) is 2.00. The lowest BCUT2D eigenvalue weighted by Crippen LogP contribution is -2.35. The molecule has 0 radical (unpaired) electrons. The Kier molecular flexibility index (Phi) is 3.44. The fourth-order valence-electron chi connectivity index (χ4n) is 1.55. The van der Waals surface area contributed by atoms with Crippen LogP contribution in [0.2, 0.25) is 0 Å². The van der Waals surface area contributed by atoms with Gasteiger partial charge in [-0.25, -0.2) is 4.99 Å². The van der Waals surface area contributed by atoms with Crippen LogP contribution in [0.15, 0.2) is 35.3 Å². The first-order valence-corrected chi connectivity index (χ1v) is 5.84. The molecule has 0 aromatic heterocycles. The number of aliphatic imine (C=N–C) groups is 1. The Morgan fingerprint density at radius 1 is 1.38 bits per heavy atom. The van der Waals surface area contributed by atoms with Gasteiger partial charge in [0.1, 0.15) is 0 Å². The standard InChI is InChI=1S/C13H19N3/c1-16(13(14)15-12-7-8-12)10-9-11-5-3-2-4-6-11/h2-6,12H,7-10H2,1H3,(H2,14,15). The van der Waals surface area contributed by atoms with E-state index in [1.807, 2.05) is 18.0 Å². The van der Waals surface area contributed by atoms with E-state index < -0.39 is 0 Å². The number of guanidine groups is 1. The van der Waals surface area contributed by atoms with Crippen molar-refractivity contribution >= 4 is 5.96 Å². The number of nitrogens with zero attached hydrogens (tertiary/aromatic N) is 2. The van der Waals surface area contributed by atoms with Gasteiger partial charge in [-0.1, -0.05) is 30.3 Å². The molecule has 0 bridgehead atoms. The number of benzene rings is 1. The molecule has 1 aromatic rings. The van der Waals surface area contributed by atoms with Gasteiger partial charge in [0.15, 0.2) is 5.96 Å². The van der Waals surface area contributed by atoms with Crippen molar-refractivity contribution < 1.29 is 0 Å². The molecule has 1 fully saturated rings. The summed E-state index contributed by atoms with van der Waals surface area (Å²) in [6, 6.07) is 11.0. The Labute approximate surface area is 97.0 Å². The average molecular weight is 217 g/mol. The van der Waals surface area contributed by atoms with Crippen LogP contribution in [-0.4, -0.2) is 30.5 Å². The van der Waals surface area contributed by atoms with Crippen molar-refractivity contribution in [1.82, 2.24) is 4.90 Å². The number of hydrogen-bond acceptors (Lipinski definition) is 1. The van der Waals surface area contributed by atoms with Gasteiger partial charge in [0.2, 0.25) is 0 Å². The summed E-state index contributed by atoms with van der Waals surface area (Å²) in [5.74, 6) is 0.679. The van der Waals surface area contributed by atoms with E-state index in [1.54, 1.807) is 0 Å². The van der Waals surface area contributed by atoms with Gasteiger partial charge in [0, 0.05) is 13.6 Å². The second kappa shape index (κ2) is 5.01. The third-order valence-electron chi connectivity index (χ3n) is 2.83. The predicted molar refractivity (Wildman–Crippen MR) is 67.4 cm³/mol. The largest absolute Gasteiger partial charge is 0.370 e. The maximum absolute atomic E-state index is 5.90. The summed E-state index contributed by atoms with van der Waals surface area (Å²) in [6.07, 6.45) is 3.42. The molecule has 3 heteroatoms. The lowest BCUT2D eigenvalue weighted by atomic mass is 10.1. The van der Waals surface area contributed by atoms with Crippen LogP contribution < -0.4 is 5.73 Å². The first-order valence-electron chi connectivity index (χ1n) is 5.84. The zero-order chi connectivity index (χ0) is 11.4. The Balaban J connectivity index is 1.81. The van der Waals surface area contributed by atoms with E-state index in [2.05, 4.69) is 29.3 Å². The minimum Gasteiger partial charge on any atom is -0.370 e. The molecule has 16 heavy (non-hydrogen) atoms. The highest BCUT2D eigenvalue weighted by molar-refractivity contribution is 5.78. The molecular formula is C13H19N3. The van der Waals surface area contributed by atoms with Crippen molar-refractivity contribution in [3.05, 3.63) is 35.9 Å². The van der Waals surface area contributed by atoms with Gasteiger partial charge in [0.25, 0.3) is 0 Å². The van der Waals surface area contributed by atoms with Crippen LogP contribution in [0.4, 0.5) is 0 Å². The van der Waals surface area contributed by atoms with Gasteiger partial charge in [-0.3, -0.25) is 0 Å². The molecule has 86 valence electrons. The first kappa shape index (κ1) is 11.0. The highest BCUT2D eigenvalue weighted by Gasteiger charge is 2.21. The van der Waals surface area contributed by atoms with Crippen molar-refractivity contribution in [2.45, 2.75) is 25.3 Å². The fourth-order valence-corrected chi connectivity index (χ4v) is 1.55. The highest BCUT2D eigenvalue weighted by Crippen LogP contribution is 2.23. The lowest BCUT2D eigenvalue weighted by Gasteiger charge is -2.17. The van der Waals surface area contributed by atoms with Crippen LogP contribution >= 0.6 is 0 Å². The molecule has 1 aliphatic carbocycles. The van der Waals surface area contributed by atoms with E-state index >= 15 is 0 Å². The number of rotatable bonds is 4. The zero-order valence-corrected chi connectivity index (χ0v) is 9.76. The number of hydrogen-bond donors (Lipinski definition) is 1. The Hall–Kier alpha value is -1.51. The molecule has 1 aliphatic rings. The molecule has 1 aromatic carbocycles. The summed E-state index contributed by atoms with van der Waals surface area (Å²) in [6.45, 7) is 0.923. The van der Waals surface area contributed by atoms with Gasteiger partial charge < -0.3 is 10.6 Å². The molecule has 0 spiro atoms. The lowest BCUT2D eigenvalue weighted by molar-refractivity contribution is 0.499. The van der Waals surface area contributed by atoms with E-state index in [-0.39, 0.29) is 0 Å². The molecule has 2 N–H and O–H groups in total. The molecule has 2 rings (SSSR count). The summed E-state index contributed by atoms with van der Waals surface area (Å²) in [4.78, 5) is 6.45. The Morgan fingerprint density at radius 2 is 2.06 bits per heavy atom. The van der Waals surface area contributed by atoms with E-state index in [9.17, 15) is 0 Å². The summed E-state index contributed by atoms with van der Waals surface area (Å²) in [5, 5.41) is 0. The molecule has 1 saturated carbocycles. The summed E-state index contributed by atoms with van der Waals surface area (Å²) in [5.41, 5.74) is 7.24. The third kappa shape index (κ3) is 3.26. The van der Waals surface area contributed by atoms with Crippen LogP contribution in [-0.2, 0) is 6.42 Å². The minimum atomic E-state index is 0.499. The Morgan fingerprint density at radius 3 is 2.69 bits per heavy atom. The van der Waals surface area contributed by atoms with Gasteiger partial charge >= 0.3 is 0 Å². The van der Waals surface area contributed by atoms with Gasteiger partial charge in [-0.15, -0.1) is 0 Å². The maximum Gasteiger partial charge on any atom is 0.191 e. The van der Waals surface area contributed by atoms with Gasteiger partial charge in [0.05, 0.1) is 6.04 Å². The number of nitrogens with two attached hydrogens (primary N) is 1. The van der Waals surface area contributed by atoms with Gasteiger partial charge in [-0.2, -0.15) is 0 Å². The van der Waals surface area contributed by atoms with Crippen molar-refractivity contribution in [3.63, 3.8) is 0 Å². The second-order valence-corrected chi connectivity index (χ2v) is 4.38. The minimum absolute atomic E-state index is 0.499.